The van der Waals surface area contributed by atoms with E-state index in [0.29, 0.717) is 18.7 Å². The number of benzene rings is 1. The van der Waals surface area contributed by atoms with E-state index in [9.17, 15) is 18.0 Å². The number of carbonyl (C=O) groups is 1. The van der Waals surface area contributed by atoms with Gasteiger partial charge in [0.15, 0.2) is 11.5 Å². The molecule has 6 heteroatoms. The number of ketones is 1. The van der Waals surface area contributed by atoms with Crippen molar-refractivity contribution >= 4 is 11.5 Å². The van der Waals surface area contributed by atoms with Gasteiger partial charge < -0.3 is 9.64 Å². The van der Waals surface area contributed by atoms with Gasteiger partial charge in [-0.05, 0) is 12.1 Å². The molecule has 0 radical (unpaired) electrons. The number of rotatable bonds is 2. The molecule has 3 nitrogen and oxygen atoms in total. The van der Waals surface area contributed by atoms with Gasteiger partial charge in [0.2, 0.25) is 0 Å². The molecule has 0 unspecified atom stereocenters. The number of carbonyl (C=O) groups excluding carboxylic acids is 1. The summed E-state index contributed by atoms with van der Waals surface area (Å²) in [6, 6.07) is 5.83. The van der Waals surface area contributed by atoms with Crippen LogP contribution in [0.1, 0.15) is 6.42 Å². The van der Waals surface area contributed by atoms with Crippen molar-refractivity contribution < 1.29 is 22.7 Å². The Labute approximate surface area is 95.8 Å². The first-order chi connectivity index (χ1) is 7.96. The Bertz CT molecular complexity index is 431. The summed E-state index contributed by atoms with van der Waals surface area (Å²) in [5.41, 5.74) is 0.302. The molecule has 17 heavy (non-hydrogen) atoms. The van der Waals surface area contributed by atoms with E-state index in [0.717, 1.165) is 0 Å². The maximum absolute atomic E-state index is 12.2. The van der Waals surface area contributed by atoms with Crippen LogP contribution >= 0.6 is 0 Å². The van der Waals surface area contributed by atoms with Gasteiger partial charge in [0.1, 0.15) is 0 Å². The molecule has 1 fully saturated rings. The molecule has 0 saturated carbocycles. The topological polar surface area (TPSA) is 29.5 Å². The van der Waals surface area contributed by atoms with Crippen molar-refractivity contribution in [1.82, 2.24) is 0 Å². The van der Waals surface area contributed by atoms with Gasteiger partial charge >= 0.3 is 6.36 Å². The van der Waals surface area contributed by atoms with Gasteiger partial charge in [-0.1, -0.05) is 12.1 Å². The number of ether oxygens (including phenoxy) is 1. The fourth-order valence-corrected chi connectivity index (χ4v) is 1.77. The van der Waals surface area contributed by atoms with Crippen LogP contribution in [-0.4, -0.2) is 25.2 Å². The molecule has 1 saturated heterocycles. The molecular formula is C11H10F3NO2. The first-order valence-corrected chi connectivity index (χ1v) is 5.07. The smallest absolute Gasteiger partial charge is 0.404 e. The Morgan fingerprint density at radius 3 is 2.53 bits per heavy atom. The van der Waals surface area contributed by atoms with Crippen LogP contribution in [0, 0.1) is 0 Å². The predicted molar refractivity (Wildman–Crippen MR) is 55.0 cm³/mol. The molecule has 1 aromatic carbocycles. The summed E-state index contributed by atoms with van der Waals surface area (Å²) in [6.07, 6.45) is -4.36. The van der Waals surface area contributed by atoms with Crippen LogP contribution in [0.3, 0.4) is 0 Å². The summed E-state index contributed by atoms with van der Waals surface area (Å²) in [6.45, 7) is 0.565. The summed E-state index contributed by atoms with van der Waals surface area (Å²) < 4.78 is 40.5. The molecule has 92 valence electrons. The molecule has 0 bridgehead atoms. The Hall–Kier alpha value is -1.72. The monoisotopic (exact) mass is 245 g/mol. The van der Waals surface area contributed by atoms with Crippen LogP contribution in [-0.2, 0) is 4.79 Å². The summed E-state index contributed by atoms with van der Waals surface area (Å²) >= 11 is 0. The van der Waals surface area contributed by atoms with Gasteiger partial charge in [-0.2, -0.15) is 0 Å². The number of halogens is 3. The average Bonchev–Trinajstić information content (AvgIpc) is 2.63. The van der Waals surface area contributed by atoms with E-state index in [1.807, 2.05) is 0 Å². The number of anilines is 1. The van der Waals surface area contributed by atoms with Crippen molar-refractivity contribution in [3.8, 4) is 5.75 Å². The number of alkyl halides is 3. The number of hydrogen-bond acceptors (Lipinski definition) is 3. The SMILES string of the molecule is O=C1CCN(c2ccccc2OC(F)(F)F)C1. The van der Waals surface area contributed by atoms with Crippen LogP contribution in [0.25, 0.3) is 0 Å². The third kappa shape index (κ3) is 2.89. The Balaban J connectivity index is 2.24. The fourth-order valence-electron chi connectivity index (χ4n) is 1.77. The lowest BCUT2D eigenvalue weighted by atomic mass is 10.2. The third-order valence-corrected chi connectivity index (χ3v) is 2.46. The highest BCUT2D eigenvalue weighted by molar-refractivity contribution is 5.87. The highest BCUT2D eigenvalue weighted by Crippen LogP contribution is 2.33. The van der Waals surface area contributed by atoms with Crippen LogP contribution in [0.4, 0.5) is 18.9 Å². The molecule has 1 aliphatic rings. The Kier molecular flexibility index (Phi) is 2.95. The van der Waals surface area contributed by atoms with Gasteiger partial charge in [0.05, 0.1) is 12.2 Å². The number of nitrogens with zero attached hydrogens (tertiary/aromatic N) is 1. The molecule has 0 aromatic heterocycles. The van der Waals surface area contributed by atoms with Gasteiger partial charge in [0.25, 0.3) is 0 Å². The lowest BCUT2D eigenvalue weighted by molar-refractivity contribution is -0.274. The molecule has 0 aliphatic carbocycles. The minimum Gasteiger partial charge on any atom is -0.404 e. The van der Waals surface area contributed by atoms with E-state index >= 15 is 0 Å². The van der Waals surface area contributed by atoms with Gasteiger partial charge in [-0.15, -0.1) is 13.2 Å². The first kappa shape index (κ1) is 11.8. The van der Waals surface area contributed by atoms with Crippen molar-refractivity contribution in [2.45, 2.75) is 12.8 Å². The Morgan fingerprint density at radius 1 is 1.24 bits per heavy atom. The van der Waals surface area contributed by atoms with E-state index in [-0.39, 0.29) is 18.1 Å². The van der Waals surface area contributed by atoms with Crippen LogP contribution in [0.15, 0.2) is 24.3 Å². The molecule has 0 N–H and O–H groups in total. The van der Waals surface area contributed by atoms with Gasteiger partial charge in [0, 0.05) is 13.0 Å². The lowest BCUT2D eigenvalue weighted by Crippen LogP contribution is -2.23. The normalized spacial score (nSPS) is 16.4. The summed E-state index contributed by atoms with van der Waals surface area (Å²) in [7, 11) is 0. The minimum atomic E-state index is -4.72. The standard InChI is InChI=1S/C11H10F3NO2/c12-11(13,14)17-10-4-2-1-3-9(10)15-6-5-8(16)7-15/h1-4H,5-7H2. The first-order valence-electron chi connectivity index (χ1n) is 5.07. The summed E-state index contributed by atoms with van der Waals surface area (Å²) in [4.78, 5) is 12.7. The number of hydrogen-bond donors (Lipinski definition) is 0. The molecule has 1 aliphatic heterocycles. The summed E-state index contributed by atoms with van der Waals surface area (Å²) in [5, 5.41) is 0. The zero-order chi connectivity index (χ0) is 12.5. The molecule has 0 spiro atoms. The van der Waals surface area contributed by atoms with Crippen LogP contribution in [0.2, 0.25) is 0 Å². The molecular weight excluding hydrogens is 235 g/mol. The average molecular weight is 245 g/mol. The fraction of sp³-hybridized carbons (Fsp3) is 0.364. The van der Waals surface area contributed by atoms with E-state index in [1.54, 1.807) is 11.0 Å². The molecule has 2 rings (SSSR count). The van der Waals surface area contributed by atoms with Crippen molar-refractivity contribution in [3.05, 3.63) is 24.3 Å². The number of Topliss-reactive ketones (excluding diaryl/α,β-unsaturated/α-hetero) is 1. The van der Waals surface area contributed by atoms with E-state index in [4.69, 9.17) is 0 Å². The third-order valence-electron chi connectivity index (χ3n) is 2.46. The van der Waals surface area contributed by atoms with Crippen LogP contribution < -0.4 is 9.64 Å². The maximum atomic E-state index is 12.2. The maximum Gasteiger partial charge on any atom is 0.573 e. The predicted octanol–water partition coefficient (Wildman–Crippen LogP) is 2.36. The lowest BCUT2D eigenvalue weighted by Gasteiger charge is -2.20. The second-order valence-electron chi connectivity index (χ2n) is 3.73. The molecule has 1 aromatic rings. The zero-order valence-corrected chi connectivity index (χ0v) is 8.83. The molecule has 0 atom stereocenters. The number of para-hydroxylation sites is 2. The highest BCUT2D eigenvalue weighted by atomic mass is 19.4. The van der Waals surface area contributed by atoms with Crippen molar-refractivity contribution in [1.29, 1.82) is 0 Å². The molecule has 0 amide bonds. The largest absolute Gasteiger partial charge is 0.573 e. The van der Waals surface area contributed by atoms with Crippen molar-refractivity contribution in [2.75, 3.05) is 18.0 Å². The van der Waals surface area contributed by atoms with E-state index in [2.05, 4.69) is 4.74 Å². The van der Waals surface area contributed by atoms with Crippen molar-refractivity contribution in [2.24, 2.45) is 0 Å². The van der Waals surface area contributed by atoms with E-state index < -0.39 is 6.36 Å². The van der Waals surface area contributed by atoms with E-state index in [1.165, 1.54) is 18.2 Å². The van der Waals surface area contributed by atoms with Gasteiger partial charge in [-0.25, -0.2) is 0 Å². The molecule has 1 heterocycles. The summed E-state index contributed by atoms with van der Waals surface area (Å²) in [5.74, 6) is -0.249. The second-order valence-corrected chi connectivity index (χ2v) is 3.73. The zero-order valence-electron chi connectivity index (χ0n) is 8.83. The Morgan fingerprint density at radius 2 is 1.94 bits per heavy atom. The minimum absolute atomic E-state index is 0.0202. The van der Waals surface area contributed by atoms with Crippen LogP contribution in [0.5, 0.6) is 5.75 Å². The second kappa shape index (κ2) is 4.27. The van der Waals surface area contributed by atoms with Crippen molar-refractivity contribution in [3.63, 3.8) is 0 Å². The highest BCUT2D eigenvalue weighted by Gasteiger charge is 2.33. The van der Waals surface area contributed by atoms with Gasteiger partial charge in [-0.3, -0.25) is 4.79 Å². The quantitative estimate of drug-likeness (QED) is 0.801.